The molecule has 1 fully saturated rings. The molecule has 1 aliphatic rings. The van der Waals surface area contributed by atoms with E-state index >= 15 is 0 Å². The molecule has 0 radical (unpaired) electrons. The molecule has 0 aliphatic heterocycles. The first-order valence-corrected chi connectivity index (χ1v) is 8.72. The van der Waals surface area contributed by atoms with Gasteiger partial charge in [0.1, 0.15) is 11.4 Å². The first-order valence-electron chi connectivity index (χ1n) is 8.72. The molecule has 2 rings (SSSR count). The van der Waals surface area contributed by atoms with Gasteiger partial charge in [0.15, 0.2) is 0 Å². The average molecular weight is 334 g/mol. The summed E-state index contributed by atoms with van der Waals surface area (Å²) in [5, 5.41) is 6.58. The van der Waals surface area contributed by atoms with E-state index in [-0.39, 0.29) is 12.1 Å². The van der Waals surface area contributed by atoms with E-state index in [0.29, 0.717) is 6.04 Å². The van der Waals surface area contributed by atoms with E-state index in [4.69, 9.17) is 9.47 Å². The van der Waals surface area contributed by atoms with Gasteiger partial charge in [0, 0.05) is 24.2 Å². The summed E-state index contributed by atoms with van der Waals surface area (Å²) in [5.74, 6) is 0.922. The Kier molecular flexibility index (Phi) is 6.49. The molecule has 1 aliphatic carbocycles. The Balaban J connectivity index is 1.72. The van der Waals surface area contributed by atoms with Gasteiger partial charge in [-0.05, 0) is 52.5 Å². The number of hydrogen-bond donors (Lipinski definition) is 2. The van der Waals surface area contributed by atoms with Crippen molar-refractivity contribution in [3.8, 4) is 5.75 Å². The van der Waals surface area contributed by atoms with Crippen molar-refractivity contribution in [1.29, 1.82) is 0 Å². The average Bonchev–Trinajstić information content (AvgIpc) is 2.52. The van der Waals surface area contributed by atoms with Crippen LogP contribution in [-0.2, 0) is 11.3 Å². The summed E-state index contributed by atoms with van der Waals surface area (Å²) in [7, 11) is 1.70. The summed E-state index contributed by atoms with van der Waals surface area (Å²) in [6.45, 7) is 6.45. The second-order valence-corrected chi connectivity index (χ2v) is 7.39. The summed E-state index contributed by atoms with van der Waals surface area (Å²) < 4.78 is 10.7. The van der Waals surface area contributed by atoms with E-state index in [2.05, 4.69) is 16.7 Å². The number of alkyl carbamates (subject to hydrolysis) is 1. The van der Waals surface area contributed by atoms with Crippen molar-refractivity contribution in [2.45, 2.75) is 70.7 Å². The summed E-state index contributed by atoms with van der Waals surface area (Å²) in [6.07, 6.45) is 3.74. The number of methoxy groups -OCH3 is 1. The van der Waals surface area contributed by atoms with E-state index in [1.807, 2.05) is 39.0 Å². The van der Waals surface area contributed by atoms with Gasteiger partial charge < -0.3 is 20.1 Å². The van der Waals surface area contributed by atoms with Gasteiger partial charge in [-0.15, -0.1) is 0 Å². The van der Waals surface area contributed by atoms with Crippen LogP contribution in [0.2, 0.25) is 0 Å². The molecule has 1 aromatic rings. The van der Waals surface area contributed by atoms with Gasteiger partial charge in [-0.25, -0.2) is 4.79 Å². The van der Waals surface area contributed by atoms with E-state index < -0.39 is 5.60 Å². The zero-order valence-corrected chi connectivity index (χ0v) is 15.2. The Labute approximate surface area is 145 Å². The maximum atomic E-state index is 11.8. The van der Waals surface area contributed by atoms with Gasteiger partial charge in [0.05, 0.1) is 7.11 Å². The molecular weight excluding hydrogens is 304 g/mol. The summed E-state index contributed by atoms with van der Waals surface area (Å²) in [4.78, 5) is 11.8. The van der Waals surface area contributed by atoms with Crippen LogP contribution < -0.4 is 15.4 Å². The van der Waals surface area contributed by atoms with Gasteiger partial charge in [0.2, 0.25) is 0 Å². The van der Waals surface area contributed by atoms with E-state index in [1.165, 1.54) is 5.56 Å². The van der Waals surface area contributed by atoms with E-state index in [9.17, 15) is 4.79 Å². The molecule has 5 heteroatoms. The van der Waals surface area contributed by atoms with Crippen LogP contribution >= 0.6 is 0 Å². The predicted octanol–water partition coefficient (Wildman–Crippen LogP) is 3.62. The molecule has 1 saturated carbocycles. The fourth-order valence-corrected chi connectivity index (χ4v) is 3.02. The molecule has 5 nitrogen and oxygen atoms in total. The molecular formula is C19H30N2O3. The number of benzene rings is 1. The number of rotatable bonds is 5. The highest BCUT2D eigenvalue weighted by molar-refractivity contribution is 5.68. The maximum Gasteiger partial charge on any atom is 0.407 e. The van der Waals surface area contributed by atoms with Crippen LogP contribution in [-0.4, -0.2) is 30.9 Å². The van der Waals surface area contributed by atoms with E-state index in [1.54, 1.807) is 7.11 Å². The minimum Gasteiger partial charge on any atom is -0.496 e. The molecule has 0 bridgehead atoms. The second-order valence-electron chi connectivity index (χ2n) is 7.39. The Morgan fingerprint density at radius 2 is 1.75 bits per heavy atom. The lowest BCUT2D eigenvalue weighted by Gasteiger charge is -2.30. The van der Waals surface area contributed by atoms with Gasteiger partial charge >= 0.3 is 6.09 Å². The highest BCUT2D eigenvalue weighted by Crippen LogP contribution is 2.21. The Bertz CT molecular complexity index is 532. The third-order valence-corrected chi connectivity index (χ3v) is 4.22. The molecule has 2 N–H and O–H groups in total. The molecule has 0 unspecified atom stereocenters. The topological polar surface area (TPSA) is 59.6 Å². The van der Waals surface area contributed by atoms with Crippen LogP contribution in [0.25, 0.3) is 0 Å². The predicted molar refractivity (Wildman–Crippen MR) is 95.2 cm³/mol. The molecule has 0 saturated heterocycles. The standard InChI is InChI=1S/C19H30N2O3/c1-19(2,3)24-18(22)21-16-11-9-15(10-12-16)20-13-14-7-5-6-8-17(14)23-4/h5-8,15-16,20H,9-13H2,1-4H3,(H,21,22). The molecule has 0 spiro atoms. The number of hydrogen-bond acceptors (Lipinski definition) is 4. The monoisotopic (exact) mass is 334 g/mol. The smallest absolute Gasteiger partial charge is 0.407 e. The Hall–Kier alpha value is -1.75. The molecule has 1 aromatic carbocycles. The minimum absolute atomic E-state index is 0.212. The Morgan fingerprint density at radius 1 is 1.12 bits per heavy atom. The van der Waals surface area contributed by atoms with Gasteiger partial charge in [0.25, 0.3) is 0 Å². The molecule has 0 heterocycles. The van der Waals surface area contributed by atoms with Gasteiger partial charge in [-0.3, -0.25) is 0 Å². The highest BCUT2D eigenvalue weighted by atomic mass is 16.6. The number of nitrogens with one attached hydrogen (secondary N) is 2. The minimum atomic E-state index is -0.447. The number of carbonyl (C=O) groups excluding carboxylic acids is 1. The Morgan fingerprint density at radius 3 is 2.38 bits per heavy atom. The molecule has 1 amide bonds. The van der Waals surface area contributed by atoms with Crippen LogP contribution in [0.15, 0.2) is 24.3 Å². The SMILES string of the molecule is COc1ccccc1CNC1CCC(NC(=O)OC(C)(C)C)CC1. The summed E-state index contributed by atoms with van der Waals surface area (Å²) in [6, 6.07) is 8.77. The number of carbonyl (C=O) groups is 1. The maximum absolute atomic E-state index is 11.8. The summed E-state index contributed by atoms with van der Waals surface area (Å²) >= 11 is 0. The fraction of sp³-hybridized carbons (Fsp3) is 0.632. The first kappa shape index (κ1) is 18.6. The number of para-hydroxylation sites is 1. The highest BCUT2D eigenvalue weighted by Gasteiger charge is 2.24. The number of amides is 1. The van der Waals surface area contributed by atoms with Crippen LogP contribution in [0.3, 0.4) is 0 Å². The van der Waals surface area contributed by atoms with Crippen molar-refractivity contribution < 1.29 is 14.3 Å². The van der Waals surface area contributed by atoms with Crippen LogP contribution in [0, 0.1) is 0 Å². The lowest BCUT2D eigenvalue weighted by Crippen LogP contribution is -2.43. The van der Waals surface area contributed by atoms with E-state index in [0.717, 1.165) is 38.0 Å². The largest absolute Gasteiger partial charge is 0.496 e. The zero-order valence-electron chi connectivity index (χ0n) is 15.2. The molecule has 24 heavy (non-hydrogen) atoms. The second kappa shape index (κ2) is 8.38. The van der Waals surface area contributed by atoms with Crippen molar-refractivity contribution in [3.63, 3.8) is 0 Å². The van der Waals surface area contributed by atoms with Crippen molar-refractivity contribution >= 4 is 6.09 Å². The quantitative estimate of drug-likeness (QED) is 0.863. The lowest BCUT2D eigenvalue weighted by molar-refractivity contribution is 0.0489. The molecule has 0 atom stereocenters. The molecule has 134 valence electrons. The van der Waals surface area contributed by atoms with Gasteiger partial charge in [-0.1, -0.05) is 18.2 Å². The van der Waals surface area contributed by atoms with Gasteiger partial charge in [-0.2, -0.15) is 0 Å². The van der Waals surface area contributed by atoms with Crippen LogP contribution in [0.5, 0.6) is 5.75 Å². The zero-order chi connectivity index (χ0) is 17.6. The first-order chi connectivity index (χ1) is 11.4. The fourth-order valence-electron chi connectivity index (χ4n) is 3.02. The normalized spacial score (nSPS) is 21.2. The van der Waals surface area contributed by atoms with Crippen molar-refractivity contribution in [2.24, 2.45) is 0 Å². The third kappa shape index (κ3) is 6.04. The lowest BCUT2D eigenvalue weighted by atomic mass is 9.91. The van der Waals surface area contributed by atoms with Crippen molar-refractivity contribution in [3.05, 3.63) is 29.8 Å². The third-order valence-electron chi connectivity index (χ3n) is 4.22. The number of ether oxygens (including phenoxy) is 2. The summed E-state index contributed by atoms with van der Waals surface area (Å²) in [5.41, 5.74) is 0.728. The molecule has 0 aromatic heterocycles. The van der Waals surface area contributed by atoms with Crippen molar-refractivity contribution in [1.82, 2.24) is 10.6 Å². The van der Waals surface area contributed by atoms with Crippen LogP contribution in [0.4, 0.5) is 4.79 Å². The van der Waals surface area contributed by atoms with Crippen LogP contribution in [0.1, 0.15) is 52.0 Å². The van der Waals surface area contributed by atoms with Crippen molar-refractivity contribution in [2.75, 3.05) is 7.11 Å².